The van der Waals surface area contributed by atoms with Crippen LogP contribution in [0.3, 0.4) is 0 Å². The van der Waals surface area contributed by atoms with Gasteiger partial charge >= 0.3 is 6.01 Å². The molecule has 0 aromatic carbocycles. The maximum Gasteiger partial charge on any atom is 0.336 e. The topological polar surface area (TPSA) is 109 Å². The van der Waals surface area contributed by atoms with Crippen LogP contribution in [0.4, 0.5) is 5.95 Å². The molecule has 2 amide bonds. The summed E-state index contributed by atoms with van der Waals surface area (Å²) in [5, 5.41) is 11.6. The third-order valence-corrected chi connectivity index (χ3v) is 3.28. The Bertz CT molecular complexity index is 467. The zero-order valence-corrected chi connectivity index (χ0v) is 11.4. The smallest absolute Gasteiger partial charge is 0.336 e. The van der Waals surface area contributed by atoms with Crippen molar-refractivity contribution in [3.05, 3.63) is 0 Å². The van der Waals surface area contributed by atoms with Crippen molar-refractivity contribution in [1.82, 2.24) is 20.5 Å². The Labute approximate surface area is 116 Å². The number of H-pyrrole nitrogens is 1. The number of hydrogen-bond donors (Lipinski definition) is 3. The minimum absolute atomic E-state index is 0.0524. The first-order valence-corrected chi connectivity index (χ1v) is 6.73. The second-order valence-corrected chi connectivity index (χ2v) is 4.74. The molecule has 1 fully saturated rings. The molecule has 0 aliphatic heterocycles. The van der Waals surface area contributed by atoms with E-state index in [1.165, 1.54) is 7.11 Å². The molecule has 0 radical (unpaired) electrons. The van der Waals surface area contributed by atoms with Gasteiger partial charge in [-0.05, 0) is 12.8 Å². The van der Waals surface area contributed by atoms with Crippen LogP contribution in [0.25, 0.3) is 0 Å². The first kappa shape index (κ1) is 14.3. The van der Waals surface area contributed by atoms with Crippen molar-refractivity contribution in [2.24, 2.45) is 5.92 Å². The fourth-order valence-corrected chi connectivity index (χ4v) is 2.22. The van der Waals surface area contributed by atoms with Gasteiger partial charge in [0.05, 0.1) is 7.11 Å². The van der Waals surface area contributed by atoms with E-state index in [1.807, 2.05) is 0 Å². The number of nitrogens with one attached hydrogen (secondary N) is 3. The molecule has 1 heterocycles. The second-order valence-electron chi connectivity index (χ2n) is 4.74. The predicted molar refractivity (Wildman–Crippen MR) is 71.1 cm³/mol. The molecule has 0 bridgehead atoms. The molecule has 110 valence electrons. The molecule has 1 aromatic heterocycles. The Morgan fingerprint density at radius 1 is 1.40 bits per heavy atom. The fraction of sp³-hybridized carbons (Fsp3) is 0.667. The molecule has 1 saturated carbocycles. The maximum atomic E-state index is 11.7. The lowest BCUT2D eigenvalue weighted by Gasteiger charge is -2.09. The highest BCUT2D eigenvalue weighted by Crippen LogP contribution is 2.24. The van der Waals surface area contributed by atoms with E-state index < -0.39 is 0 Å². The molecule has 3 N–H and O–H groups in total. The van der Waals surface area contributed by atoms with Gasteiger partial charge < -0.3 is 10.1 Å². The van der Waals surface area contributed by atoms with Gasteiger partial charge in [0.2, 0.25) is 17.8 Å². The Morgan fingerprint density at radius 3 is 2.80 bits per heavy atom. The highest BCUT2D eigenvalue weighted by atomic mass is 16.5. The van der Waals surface area contributed by atoms with Gasteiger partial charge in [-0.25, -0.2) is 5.10 Å². The highest BCUT2D eigenvalue weighted by Gasteiger charge is 2.22. The third-order valence-electron chi connectivity index (χ3n) is 3.28. The van der Waals surface area contributed by atoms with E-state index in [4.69, 9.17) is 4.74 Å². The summed E-state index contributed by atoms with van der Waals surface area (Å²) in [5.74, 6) is 0.165. The molecule has 0 unspecified atom stereocenters. The first-order chi connectivity index (χ1) is 9.69. The molecular weight excluding hydrogens is 262 g/mol. The van der Waals surface area contributed by atoms with Gasteiger partial charge in [-0.1, -0.05) is 12.8 Å². The molecule has 0 saturated heterocycles. The van der Waals surface area contributed by atoms with E-state index >= 15 is 0 Å². The van der Waals surface area contributed by atoms with Crippen LogP contribution in [0.1, 0.15) is 32.1 Å². The van der Waals surface area contributed by atoms with Crippen molar-refractivity contribution in [2.45, 2.75) is 32.1 Å². The van der Waals surface area contributed by atoms with Crippen LogP contribution in [0.15, 0.2) is 0 Å². The number of anilines is 1. The number of ether oxygens (including phenoxy) is 1. The van der Waals surface area contributed by atoms with Gasteiger partial charge in [0.1, 0.15) is 0 Å². The van der Waals surface area contributed by atoms with E-state index in [2.05, 4.69) is 25.8 Å². The van der Waals surface area contributed by atoms with Crippen molar-refractivity contribution < 1.29 is 14.3 Å². The van der Waals surface area contributed by atoms with Crippen LogP contribution in [-0.2, 0) is 9.59 Å². The number of aromatic nitrogens is 3. The van der Waals surface area contributed by atoms with Gasteiger partial charge in [-0.2, -0.15) is 4.98 Å². The number of hydrogen-bond acceptors (Lipinski definition) is 5. The quantitative estimate of drug-likeness (QED) is 0.701. The largest absolute Gasteiger partial charge is 0.466 e. The summed E-state index contributed by atoms with van der Waals surface area (Å²) in [6.45, 7) is 0.326. The number of carbonyl (C=O) groups is 2. The molecule has 1 aliphatic rings. The van der Waals surface area contributed by atoms with Gasteiger partial charge in [-0.15, -0.1) is 5.10 Å². The molecule has 2 rings (SSSR count). The summed E-state index contributed by atoms with van der Waals surface area (Å²) in [4.78, 5) is 27.2. The van der Waals surface area contributed by atoms with E-state index in [0.717, 1.165) is 25.7 Å². The first-order valence-electron chi connectivity index (χ1n) is 6.73. The standard InChI is InChI=1S/C12H19N5O3/c1-20-12-15-11(16-17-12)14-9(18)6-7-13-10(19)8-4-2-3-5-8/h8H,2-7H2,1H3,(H,13,19)(H2,14,15,16,17,18). The molecule has 8 heteroatoms. The zero-order valence-electron chi connectivity index (χ0n) is 11.4. The Kier molecular flexibility index (Phi) is 4.91. The Hall–Kier alpha value is -2.12. The van der Waals surface area contributed by atoms with Gasteiger partial charge in [0.15, 0.2) is 0 Å². The van der Waals surface area contributed by atoms with E-state index in [9.17, 15) is 9.59 Å². The second kappa shape index (κ2) is 6.88. The van der Waals surface area contributed by atoms with Gasteiger partial charge in [-0.3, -0.25) is 14.9 Å². The van der Waals surface area contributed by atoms with Crippen molar-refractivity contribution >= 4 is 17.8 Å². The monoisotopic (exact) mass is 281 g/mol. The summed E-state index contributed by atoms with van der Waals surface area (Å²) in [7, 11) is 1.44. The highest BCUT2D eigenvalue weighted by molar-refractivity contribution is 5.89. The average molecular weight is 281 g/mol. The molecule has 0 spiro atoms. The number of nitrogens with zero attached hydrogens (tertiary/aromatic N) is 2. The van der Waals surface area contributed by atoms with Crippen LogP contribution < -0.4 is 15.4 Å². The van der Waals surface area contributed by atoms with Crippen molar-refractivity contribution in [3.63, 3.8) is 0 Å². The normalized spacial score (nSPS) is 15.1. The molecule has 1 aromatic rings. The van der Waals surface area contributed by atoms with Crippen LogP contribution in [0.2, 0.25) is 0 Å². The van der Waals surface area contributed by atoms with Gasteiger partial charge in [0.25, 0.3) is 0 Å². The van der Waals surface area contributed by atoms with E-state index in [0.29, 0.717) is 6.54 Å². The third kappa shape index (κ3) is 3.94. The predicted octanol–water partition coefficient (Wildman–Crippen LogP) is 0.448. The SMILES string of the molecule is COc1n[nH]c(NC(=O)CCNC(=O)C2CCCC2)n1. The minimum atomic E-state index is -0.240. The van der Waals surface area contributed by atoms with Crippen molar-refractivity contribution in [2.75, 3.05) is 19.0 Å². The molecular formula is C12H19N5O3. The van der Waals surface area contributed by atoms with E-state index in [1.54, 1.807) is 0 Å². The molecule has 8 nitrogen and oxygen atoms in total. The molecule has 20 heavy (non-hydrogen) atoms. The van der Waals surface area contributed by atoms with Crippen LogP contribution in [-0.4, -0.2) is 40.7 Å². The fourth-order valence-electron chi connectivity index (χ4n) is 2.22. The Balaban J connectivity index is 1.65. The minimum Gasteiger partial charge on any atom is -0.466 e. The number of aromatic amines is 1. The summed E-state index contributed by atoms with van der Waals surface area (Å²) in [6.07, 6.45) is 4.34. The summed E-state index contributed by atoms with van der Waals surface area (Å²) in [6, 6.07) is 0.162. The number of amides is 2. The van der Waals surface area contributed by atoms with Crippen LogP contribution in [0.5, 0.6) is 6.01 Å². The number of carbonyl (C=O) groups excluding carboxylic acids is 2. The van der Waals surface area contributed by atoms with Crippen LogP contribution in [0, 0.1) is 5.92 Å². The Morgan fingerprint density at radius 2 is 2.15 bits per heavy atom. The van der Waals surface area contributed by atoms with Crippen LogP contribution >= 0.6 is 0 Å². The summed E-state index contributed by atoms with van der Waals surface area (Å²) >= 11 is 0. The zero-order chi connectivity index (χ0) is 14.4. The summed E-state index contributed by atoms with van der Waals surface area (Å²) < 4.78 is 4.78. The van der Waals surface area contributed by atoms with Crippen molar-refractivity contribution in [3.8, 4) is 6.01 Å². The molecule has 0 atom stereocenters. The lowest BCUT2D eigenvalue weighted by molar-refractivity contribution is -0.124. The van der Waals surface area contributed by atoms with Crippen molar-refractivity contribution in [1.29, 1.82) is 0 Å². The van der Waals surface area contributed by atoms with E-state index in [-0.39, 0.29) is 36.1 Å². The average Bonchev–Trinajstić information content (AvgIpc) is 3.09. The summed E-state index contributed by atoms with van der Waals surface area (Å²) in [5.41, 5.74) is 0. The maximum absolute atomic E-state index is 11.7. The lowest BCUT2D eigenvalue weighted by atomic mass is 10.1. The number of rotatable bonds is 6. The lowest BCUT2D eigenvalue weighted by Crippen LogP contribution is -2.32. The molecule has 1 aliphatic carbocycles. The number of methoxy groups -OCH3 is 1. The van der Waals surface area contributed by atoms with Gasteiger partial charge in [0, 0.05) is 18.9 Å².